The summed E-state index contributed by atoms with van der Waals surface area (Å²) in [6, 6.07) is 14.8. The first-order valence-electron chi connectivity index (χ1n) is 11.5. The van der Waals surface area contributed by atoms with Gasteiger partial charge in [-0.3, -0.25) is 9.59 Å². The number of carbonyl (C=O) groups is 2. The van der Waals surface area contributed by atoms with Gasteiger partial charge in [-0.25, -0.2) is 0 Å². The van der Waals surface area contributed by atoms with Crippen LogP contribution in [0.3, 0.4) is 0 Å². The van der Waals surface area contributed by atoms with Gasteiger partial charge < -0.3 is 26.3 Å². The minimum absolute atomic E-state index is 0.0415. The molecule has 34 heavy (non-hydrogen) atoms. The highest BCUT2D eigenvalue weighted by atomic mass is 16.6. The number of oxime groups is 1. The Morgan fingerprint density at radius 3 is 2.18 bits per heavy atom. The standard InChI is InChI=1S/C26H36N4O4/c1-6-17(2)23(18-7-9-19(10-8-18)24(27)30-33)29-21-13-11-20(12-14-21)25(32)28-16-15-22(31)34-26(3,4)5/h7-14,17,23,29,33H,6,15-16H2,1-5H3,(H2,27,30)(H,28,32)/t17?,23-/m0/s1. The second-order valence-corrected chi connectivity index (χ2v) is 9.28. The van der Waals surface area contributed by atoms with Crippen molar-refractivity contribution in [2.75, 3.05) is 11.9 Å². The maximum Gasteiger partial charge on any atom is 0.308 e. The quantitative estimate of drug-likeness (QED) is 0.134. The van der Waals surface area contributed by atoms with E-state index in [1.165, 1.54) is 0 Å². The molecule has 184 valence electrons. The summed E-state index contributed by atoms with van der Waals surface area (Å²) in [5.74, 6) is -0.180. The monoisotopic (exact) mass is 468 g/mol. The van der Waals surface area contributed by atoms with E-state index in [-0.39, 0.29) is 36.7 Å². The molecule has 0 saturated carbocycles. The number of nitrogens with zero attached hydrogens (tertiary/aromatic N) is 1. The highest BCUT2D eigenvalue weighted by Gasteiger charge is 2.19. The van der Waals surface area contributed by atoms with E-state index >= 15 is 0 Å². The summed E-state index contributed by atoms with van der Waals surface area (Å²) in [5.41, 5.74) is 8.25. The maximum atomic E-state index is 12.4. The van der Waals surface area contributed by atoms with E-state index in [1.807, 2.05) is 57.2 Å². The predicted octanol–water partition coefficient (Wildman–Crippen LogP) is 4.44. The van der Waals surface area contributed by atoms with Crippen LogP contribution < -0.4 is 16.4 Å². The van der Waals surface area contributed by atoms with E-state index in [9.17, 15) is 9.59 Å². The summed E-state index contributed by atoms with van der Waals surface area (Å²) in [5, 5.41) is 18.2. The number of benzene rings is 2. The molecule has 0 bridgehead atoms. The number of hydrogen-bond acceptors (Lipinski definition) is 6. The van der Waals surface area contributed by atoms with E-state index in [0.29, 0.717) is 17.0 Å². The van der Waals surface area contributed by atoms with Gasteiger partial charge in [0.05, 0.1) is 12.5 Å². The third-order valence-corrected chi connectivity index (χ3v) is 5.39. The van der Waals surface area contributed by atoms with Crippen molar-refractivity contribution in [2.24, 2.45) is 16.8 Å². The van der Waals surface area contributed by atoms with Gasteiger partial charge in [-0.1, -0.05) is 49.7 Å². The SMILES string of the molecule is CCC(C)[C@H](Nc1ccc(C(=O)NCCC(=O)OC(C)(C)C)cc1)c1ccc(/C(N)=N/O)cc1. The molecule has 0 aromatic heterocycles. The topological polar surface area (TPSA) is 126 Å². The summed E-state index contributed by atoms with van der Waals surface area (Å²) >= 11 is 0. The molecule has 0 heterocycles. The van der Waals surface area contributed by atoms with Crippen LogP contribution in [0.2, 0.25) is 0 Å². The zero-order valence-corrected chi connectivity index (χ0v) is 20.6. The number of rotatable bonds is 10. The summed E-state index contributed by atoms with van der Waals surface area (Å²) in [6.45, 7) is 9.94. The van der Waals surface area contributed by atoms with Crippen molar-refractivity contribution in [1.29, 1.82) is 0 Å². The lowest BCUT2D eigenvalue weighted by Gasteiger charge is -2.26. The Bertz CT molecular complexity index is 979. The van der Waals surface area contributed by atoms with Crippen LogP contribution in [0.1, 0.15) is 75.0 Å². The Balaban J connectivity index is 2.01. The van der Waals surface area contributed by atoms with E-state index in [0.717, 1.165) is 17.7 Å². The molecular formula is C26H36N4O4. The Hall–Kier alpha value is -3.55. The molecular weight excluding hydrogens is 432 g/mol. The lowest BCUT2D eigenvalue weighted by Crippen LogP contribution is -2.29. The lowest BCUT2D eigenvalue weighted by molar-refractivity contribution is -0.154. The largest absolute Gasteiger partial charge is 0.460 e. The van der Waals surface area contributed by atoms with E-state index in [2.05, 4.69) is 29.6 Å². The number of ether oxygens (including phenoxy) is 1. The van der Waals surface area contributed by atoms with Crippen molar-refractivity contribution in [3.8, 4) is 0 Å². The number of amides is 1. The average molecular weight is 469 g/mol. The molecule has 0 aliphatic rings. The van der Waals surface area contributed by atoms with Crippen molar-refractivity contribution < 1.29 is 19.5 Å². The second-order valence-electron chi connectivity index (χ2n) is 9.28. The molecule has 8 heteroatoms. The first kappa shape index (κ1) is 26.7. The smallest absolute Gasteiger partial charge is 0.308 e. The van der Waals surface area contributed by atoms with Gasteiger partial charge in [0, 0.05) is 23.4 Å². The average Bonchev–Trinajstić information content (AvgIpc) is 2.80. The van der Waals surface area contributed by atoms with Gasteiger partial charge in [-0.2, -0.15) is 0 Å². The minimum Gasteiger partial charge on any atom is -0.460 e. The molecule has 2 atom stereocenters. The van der Waals surface area contributed by atoms with Gasteiger partial charge >= 0.3 is 5.97 Å². The van der Waals surface area contributed by atoms with E-state index < -0.39 is 5.60 Å². The number of esters is 1. The van der Waals surface area contributed by atoms with Crippen molar-refractivity contribution in [3.05, 3.63) is 65.2 Å². The Morgan fingerprint density at radius 2 is 1.65 bits per heavy atom. The number of nitrogens with one attached hydrogen (secondary N) is 2. The van der Waals surface area contributed by atoms with Crippen molar-refractivity contribution in [1.82, 2.24) is 5.32 Å². The van der Waals surface area contributed by atoms with Crippen LogP contribution in [0.25, 0.3) is 0 Å². The molecule has 1 amide bonds. The molecule has 2 aromatic carbocycles. The number of amidine groups is 1. The fourth-order valence-corrected chi connectivity index (χ4v) is 3.38. The number of anilines is 1. The highest BCUT2D eigenvalue weighted by Crippen LogP contribution is 2.29. The van der Waals surface area contributed by atoms with Crippen molar-refractivity contribution in [2.45, 2.75) is 59.1 Å². The molecule has 5 N–H and O–H groups in total. The molecule has 0 fully saturated rings. The predicted molar refractivity (Wildman–Crippen MR) is 134 cm³/mol. The Kier molecular flexibility index (Phi) is 9.47. The normalized spacial score (nSPS) is 13.6. The van der Waals surface area contributed by atoms with Crippen LogP contribution in [0.15, 0.2) is 53.7 Å². The molecule has 0 aliphatic heterocycles. The van der Waals surface area contributed by atoms with E-state index in [4.69, 9.17) is 15.7 Å². The molecule has 1 unspecified atom stereocenters. The first-order chi connectivity index (χ1) is 16.0. The first-order valence-corrected chi connectivity index (χ1v) is 11.5. The minimum atomic E-state index is -0.542. The van der Waals surface area contributed by atoms with Crippen LogP contribution in [-0.2, 0) is 9.53 Å². The summed E-state index contributed by atoms with van der Waals surface area (Å²) in [6.07, 6.45) is 1.09. The van der Waals surface area contributed by atoms with Crippen LogP contribution in [0.4, 0.5) is 5.69 Å². The third kappa shape index (κ3) is 8.10. The Morgan fingerprint density at radius 1 is 1.06 bits per heavy atom. The van der Waals surface area contributed by atoms with Crippen LogP contribution in [0.5, 0.6) is 0 Å². The third-order valence-electron chi connectivity index (χ3n) is 5.39. The molecule has 2 aromatic rings. The number of carbonyl (C=O) groups excluding carboxylic acids is 2. The number of hydrogen-bond donors (Lipinski definition) is 4. The molecule has 0 spiro atoms. The summed E-state index contributed by atoms with van der Waals surface area (Å²) in [7, 11) is 0. The fourth-order valence-electron chi connectivity index (χ4n) is 3.38. The van der Waals surface area contributed by atoms with Gasteiger partial charge in [-0.15, -0.1) is 0 Å². The van der Waals surface area contributed by atoms with Crippen LogP contribution in [-0.4, -0.2) is 35.1 Å². The fraction of sp³-hybridized carbons (Fsp3) is 0.423. The zero-order valence-electron chi connectivity index (χ0n) is 20.6. The molecule has 0 aliphatic carbocycles. The maximum absolute atomic E-state index is 12.4. The van der Waals surface area contributed by atoms with Crippen LogP contribution >= 0.6 is 0 Å². The van der Waals surface area contributed by atoms with E-state index in [1.54, 1.807) is 12.1 Å². The molecule has 0 saturated heterocycles. The second kappa shape index (κ2) is 12.1. The molecule has 2 rings (SSSR count). The van der Waals surface area contributed by atoms with Crippen LogP contribution in [0, 0.1) is 5.92 Å². The summed E-state index contributed by atoms with van der Waals surface area (Å²) < 4.78 is 5.25. The zero-order chi connectivity index (χ0) is 25.3. The Labute approximate surface area is 201 Å². The van der Waals surface area contributed by atoms with Gasteiger partial charge in [0.15, 0.2) is 5.84 Å². The molecule has 0 radical (unpaired) electrons. The van der Waals surface area contributed by atoms with Gasteiger partial charge in [0.2, 0.25) is 0 Å². The molecule has 8 nitrogen and oxygen atoms in total. The lowest BCUT2D eigenvalue weighted by atomic mass is 9.91. The van der Waals surface area contributed by atoms with Gasteiger partial charge in [-0.05, 0) is 56.5 Å². The van der Waals surface area contributed by atoms with Crippen molar-refractivity contribution >= 4 is 23.4 Å². The highest BCUT2D eigenvalue weighted by molar-refractivity contribution is 5.97. The number of nitrogens with two attached hydrogens (primary N) is 1. The summed E-state index contributed by atoms with van der Waals surface area (Å²) in [4.78, 5) is 24.2. The van der Waals surface area contributed by atoms with Gasteiger partial charge in [0.1, 0.15) is 5.60 Å². The van der Waals surface area contributed by atoms with Gasteiger partial charge in [0.25, 0.3) is 5.91 Å². The van der Waals surface area contributed by atoms with Crippen molar-refractivity contribution in [3.63, 3.8) is 0 Å².